The molecule has 7 heteroatoms. The van der Waals surface area contributed by atoms with E-state index in [-0.39, 0.29) is 5.69 Å². The van der Waals surface area contributed by atoms with Crippen LogP contribution in [-0.4, -0.2) is 52.5 Å². The number of rotatable bonds is 7. The number of nitrogens with zero attached hydrogens (tertiary/aromatic N) is 3. The summed E-state index contributed by atoms with van der Waals surface area (Å²) in [6.45, 7) is 6.33. The highest BCUT2D eigenvalue weighted by Gasteiger charge is 2.19. The van der Waals surface area contributed by atoms with Gasteiger partial charge in [0.2, 0.25) is 0 Å². The van der Waals surface area contributed by atoms with Crippen molar-refractivity contribution in [3.05, 3.63) is 30.0 Å². The van der Waals surface area contributed by atoms with Crippen LogP contribution in [0.25, 0.3) is 11.3 Å². The highest BCUT2D eigenvalue weighted by molar-refractivity contribution is 5.97. The molecule has 0 spiro atoms. The Hall–Kier alpha value is -2.41. The van der Waals surface area contributed by atoms with Crippen molar-refractivity contribution in [3.63, 3.8) is 0 Å². The van der Waals surface area contributed by atoms with Gasteiger partial charge >= 0.3 is 0 Å². The van der Waals surface area contributed by atoms with E-state index in [1.807, 2.05) is 24.3 Å². The van der Waals surface area contributed by atoms with Gasteiger partial charge in [-0.3, -0.25) is 4.79 Å². The zero-order valence-electron chi connectivity index (χ0n) is 14.6. The number of carbonyl (C=O) groups is 1. The van der Waals surface area contributed by atoms with E-state index >= 15 is 0 Å². The molecule has 25 heavy (non-hydrogen) atoms. The Kier molecular flexibility index (Phi) is 5.65. The summed E-state index contributed by atoms with van der Waals surface area (Å²) in [6, 6.07) is 7.50. The molecule has 2 heterocycles. The first-order valence-electron chi connectivity index (χ1n) is 8.80. The number of nitrogens with two attached hydrogens (primary N) is 1. The van der Waals surface area contributed by atoms with Crippen LogP contribution in [0.4, 0.5) is 0 Å². The molecule has 1 aromatic heterocycles. The number of primary amides is 1. The van der Waals surface area contributed by atoms with Crippen LogP contribution in [-0.2, 0) is 0 Å². The second-order valence-corrected chi connectivity index (χ2v) is 6.63. The zero-order valence-corrected chi connectivity index (χ0v) is 14.6. The minimum Gasteiger partial charge on any atom is -0.493 e. The third-order valence-electron chi connectivity index (χ3n) is 4.54. The highest BCUT2D eigenvalue weighted by atomic mass is 16.5. The summed E-state index contributed by atoms with van der Waals surface area (Å²) in [6.07, 6.45) is 3.58. The third kappa shape index (κ3) is 4.36. The first-order chi connectivity index (χ1) is 12.1. The summed E-state index contributed by atoms with van der Waals surface area (Å²) in [5, 5.41) is 10.3. The number of hydrogen-bond donors (Lipinski definition) is 2. The van der Waals surface area contributed by atoms with Gasteiger partial charge in [0.1, 0.15) is 11.4 Å². The molecule has 1 aliphatic heterocycles. The third-order valence-corrected chi connectivity index (χ3v) is 4.54. The van der Waals surface area contributed by atoms with Crippen molar-refractivity contribution in [2.24, 2.45) is 11.7 Å². The molecule has 1 aliphatic rings. The lowest BCUT2D eigenvalue weighted by Gasteiger charge is -2.30. The largest absolute Gasteiger partial charge is 0.493 e. The van der Waals surface area contributed by atoms with Gasteiger partial charge < -0.3 is 15.4 Å². The van der Waals surface area contributed by atoms with Crippen LogP contribution in [0.5, 0.6) is 5.75 Å². The average Bonchev–Trinajstić information content (AvgIpc) is 3.09. The van der Waals surface area contributed by atoms with Crippen molar-refractivity contribution in [2.45, 2.75) is 26.2 Å². The van der Waals surface area contributed by atoms with Crippen molar-refractivity contribution >= 4 is 5.91 Å². The molecular weight excluding hydrogens is 318 g/mol. The molecule has 3 rings (SSSR count). The van der Waals surface area contributed by atoms with E-state index in [0.29, 0.717) is 18.1 Å². The van der Waals surface area contributed by atoms with E-state index < -0.39 is 5.91 Å². The van der Waals surface area contributed by atoms with E-state index in [0.717, 1.165) is 24.4 Å². The Labute approximate surface area is 147 Å². The number of para-hydroxylation sites is 1. The van der Waals surface area contributed by atoms with Crippen molar-refractivity contribution in [3.8, 4) is 17.0 Å². The van der Waals surface area contributed by atoms with Gasteiger partial charge in [0.05, 0.1) is 6.61 Å². The Balaban J connectivity index is 1.60. The van der Waals surface area contributed by atoms with Crippen molar-refractivity contribution in [1.29, 1.82) is 0 Å². The molecule has 0 saturated carbocycles. The van der Waals surface area contributed by atoms with Crippen LogP contribution in [0.1, 0.15) is 36.7 Å². The molecule has 134 valence electrons. The first-order valence-corrected chi connectivity index (χ1v) is 8.80. The standard InChI is InChI=1S/C18H25N5O2/c1-13-6-4-9-23(12-13)10-5-11-25-15-8-3-2-7-14(15)16-17(18(19)24)21-22-20-16/h2-3,7-8,13H,4-6,9-12H2,1H3,(H2,19,24)(H,20,21,22). The number of likely N-dealkylation sites (tertiary alicyclic amines) is 1. The molecule has 1 fully saturated rings. The Morgan fingerprint density at radius 3 is 3.04 bits per heavy atom. The lowest BCUT2D eigenvalue weighted by Crippen LogP contribution is -2.35. The Morgan fingerprint density at radius 1 is 1.40 bits per heavy atom. The molecule has 0 radical (unpaired) electrons. The van der Waals surface area contributed by atoms with Crippen LogP contribution in [0.3, 0.4) is 0 Å². The lowest BCUT2D eigenvalue weighted by atomic mass is 10.0. The second kappa shape index (κ2) is 8.11. The van der Waals surface area contributed by atoms with Gasteiger partial charge in [0.15, 0.2) is 5.69 Å². The van der Waals surface area contributed by atoms with E-state index in [1.54, 1.807) is 0 Å². The van der Waals surface area contributed by atoms with Gasteiger partial charge in [-0.2, -0.15) is 15.4 Å². The average molecular weight is 343 g/mol. The number of H-pyrrole nitrogens is 1. The molecule has 1 amide bonds. The minimum atomic E-state index is -0.613. The molecule has 1 aromatic carbocycles. The lowest BCUT2D eigenvalue weighted by molar-refractivity contribution is 0.0996. The van der Waals surface area contributed by atoms with E-state index in [4.69, 9.17) is 10.5 Å². The normalized spacial score (nSPS) is 18.2. The van der Waals surface area contributed by atoms with Crippen molar-refractivity contribution < 1.29 is 9.53 Å². The van der Waals surface area contributed by atoms with Gasteiger partial charge in [-0.1, -0.05) is 19.1 Å². The number of amides is 1. The molecule has 7 nitrogen and oxygen atoms in total. The van der Waals surface area contributed by atoms with E-state index in [2.05, 4.69) is 27.2 Å². The maximum atomic E-state index is 11.5. The number of ether oxygens (including phenoxy) is 1. The molecule has 1 atom stereocenters. The molecule has 0 aliphatic carbocycles. The van der Waals surface area contributed by atoms with Gasteiger partial charge in [0, 0.05) is 18.7 Å². The number of hydrogen-bond acceptors (Lipinski definition) is 5. The number of aromatic nitrogens is 3. The van der Waals surface area contributed by atoms with Crippen molar-refractivity contribution in [2.75, 3.05) is 26.2 Å². The van der Waals surface area contributed by atoms with Crippen LogP contribution in [0.15, 0.2) is 24.3 Å². The summed E-state index contributed by atoms with van der Waals surface area (Å²) in [4.78, 5) is 14.0. The van der Waals surface area contributed by atoms with E-state index in [1.165, 1.54) is 25.9 Å². The van der Waals surface area contributed by atoms with Gasteiger partial charge in [-0.25, -0.2) is 0 Å². The number of piperidine rings is 1. The molecule has 0 bridgehead atoms. The molecule has 1 saturated heterocycles. The zero-order chi connectivity index (χ0) is 17.6. The topological polar surface area (TPSA) is 97.1 Å². The van der Waals surface area contributed by atoms with E-state index in [9.17, 15) is 4.79 Å². The predicted molar refractivity (Wildman–Crippen MR) is 95.3 cm³/mol. The Morgan fingerprint density at radius 2 is 2.24 bits per heavy atom. The maximum Gasteiger partial charge on any atom is 0.271 e. The van der Waals surface area contributed by atoms with Crippen LogP contribution in [0, 0.1) is 5.92 Å². The Bertz CT molecular complexity index is 715. The van der Waals surface area contributed by atoms with Crippen molar-refractivity contribution in [1.82, 2.24) is 20.3 Å². The molecule has 2 aromatic rings. The number of benzene rings is 1. The maximum absolute atomic E-state index is 11.5. The summed E-state index contributed by atoms with van der Waals surface area (Å²) in [5.74, 6) is 0.860. The molecule has 3 N–H and O–H groups in total. The smallest absolute Gasteiger partial charge is 0.271 e. The second-order valence-electron chi connectivity index (χ2n) is 6.63. The number of aromatic amines is 1. The summed E-state index contributed by atoms with van der Waals surface area (Å²) in [7, 11) is 0. The van der Waals surface area contributed by atoms with Gasteiger partial charge in [0.25, 0.3) is 5.91 Å². The van der Waals surface area contributed by atoms with Gasteiger partial charge in [-0.05, 0) is 43.9 Å². The fraction of sp³-hybridized carbons (Fsp3) is 0.500. The molecule has 1 unspecified atom stereocenters. The first kappa shape index (κ1) is 17.4. The predicted octanol–water partition coefficient (Wildman–Crippen LogP) is 2.07. The SMILES string of the molecule is CC1CCCN(CCCOc2ccccc2-c2n[nH]nc2C(N)=O)C1. The highest BCUT2D eigenvalue weighted by Crippen LogP contribution is 2.29. The summed E-state index contributed by atoms with van der Waals surface area (Å²) in [5.41, 5.74) is 6.62. The van der Waals surface area contributed by atoms with Crippen LogP contribution in [0.2, 0.25) is 0 Å². The number of nitrogens with one attached hydrogen (secondary N) is 1. The molecular formula is C18H25N5O2. The number of carbonyl (C=O) groups excluding carboxylic acids is 1. The fourth-order valence-electron chi connectivity index (χ4n) is 3.34. The monoisotopic (exact) mass is 343 g/mol. The fourth-order valence-corrected chi connectivity index (χ4v) is 3.34. The van der Waals surface area contributed by atoms with Crippen LogP contribution < -0.4 is 10.5 Å². The minimum absolute atomic E-state index is 0.123. The van der Waals surface area contributed by atoms with Gasteiger partial charge in [-0.15, -0.1) is 0 Å². The summed E-state index contributed by atoms with van der Waals surface area (Å²) >= 11 is 0. The summed E-state index contributed by atoms with van der Waals surface area (Å²) < 4.78 is 5.95. The quantitative estimate of drug-likeness (QED) is 0.750. The van der Waals surface area contributed by atoms with Crippen LogP contribution >= 0.6 is 0 Å².